The van der Waals surface area contributed by atoms with Crippen molar-refractivity contribution >= 4 is 17.3 Å². The molecule has 0 saturated carbocycles. The van der Waals surface area contributed by atoms with E-state index in [0.717, 1.165) is 11.7 Å². The lowest BCUT2D eigenvalue weighted by atomic mass is 9.99. The van der Waals surface area contributed by atoms with E-state index in [4.69, 9.17) is 12.2 Å². The maximum atomic E-state index is 5.42. The van der Waals surface area contributed by atoms with Crippen LogP contribution in [0.2, 0.25) is 0 Å². The van der Waals surface area contributed by atoms with Gasteiger partial charge in [0.1, 0.15) is 0 Å². The fourth-order valence-corrected chi connectivity index (χ4v) is 3.47. The Morgan fingerprint density at radius 2 is 1.83 bits per heavy atom. The van der Waals surface area contributed by atoms with Gasteiger partial charge in [0, 0.05) is 26.2 Å². The molecule has 0 radical (unpaired) electrons. The van der Waals surface area contributed by atoms with Gasteiger partial charge in [-0.1, -0.05) is 6.42 Å². The van der Waals surface area contributed by atoms with E-state index < -0.39 is 0 Å². The summed E-state index contributed by atoms with van der Waals surface area (Å²) in [5.74, 6) is 0. The Kier molecular flexibility index (Phi) is 5.70. The molecule has 2 rings (SSSR count). The lowest BCUT2D eigenvalue weighted by molar-refractivity contribution is 0.175. The van der Waals surface area contributed by atoms with Gasteiger partial charge in [-0.3, -0.25) is 0 Å². The van der Waals surface area contributed by atoms with Crippen LogP contribution in [0.4, 0.5) is 0 Å². The first kappa shape index (κ1) is 14.1. The SMILES string of the molecule is CNC(=S)N1CCCCC1CCN1CCCCC1. The summed E-state index contributed by atoms with van der Waals surface area (Å²) in [6.07, 6.45) is 9.47. The molecular formula is C14H27N3S. The Bertz CT molecular complexity index is 264. The summed E-state index contributed by atoms with van der Waals surface area (Å²) in [5, 5.41) is 4.09. The van der Waals surface area contributed by atoms with Gasteiger partial charge in [-0.05, 0) is 63.8 Å². The third-order valence-electron chi connectivity index (χ3n) is 4.33. The van der Waals surface area contributed by atoms with Gasteiger partial charge in [0.05, 0.1) is 0 Å². The number of hydrogen-bond donors (Lipinski definition) is 1. The Balaban J connectivity index is 1.79. The van der Waals surface area contributed by atoms with Crippen molar-refractivity contribution in [2.45, 2.75) is 51.0 Å². The first-order valence-corrected chi connectivity index (χ1v) is 7.93. The summed E-state index contributed by atoms with van der Waals surface area (Å²) < 4.78 is 0. The Labute approximate surface area is 117 Å². The van der Waals surface area contributed by atoms with Crippen molar-refractivity contribution in [3.63, 3.8) is 0 Å². The van der Waals surface area contributed by atoms with Gasteiger partial charge in [0.15, 0.2) is 5.11 Å². The molecular weight excluding hydrogens is 242 g/mol. The molecule has 3 nitrogen and oxygen atoms in total. The molecule has 0 amide bonds. The second-order valence-corrected chi connectivity index (χ2v) is 5.98. The normalized spacial score (nSPS) is 26.1. The number of likely N-dealkylation sites (tertiary alicyclic amines) is 2. The molecule has 2 aliphatic rings. The highest BCUT2D eigenvalue weighted by molar-refractivity contribution is 7.80. The van der Waals surface area contributed by atoms with E-state index in [2.05, 4.69) is 15.1 Å². The molecule has 2 heterocycles. The number of nitrogens with one attached hydrogen (secondary N) is 1. The molecule has 1 atom stereocenters. The average Bonchev–Trinajstić information content (AvgIpc) is 2.45. The molecule has 0 aromatic carbocycles. The molecule has 104 valence electrons. The molecule has 18 heavy (non-hydrogen) atoms. The van der Waals surface area contributed by atoms with E-state index >= 15 is 0 Å². The standard InChI is InChI=1S/C14H27N3S/c1-15-14(18)17-11-6-3-7-13(17)8-12-16-9-4-2-5-10-16/h13H,2-12H2,1H3,(H,15,18). The van der Waals surface area contributed by atoms with Crippen LogP contribution in [-0.4, -0.2) is 54.2 Å². The topological polar surface area (TPSA) is 18.5 Å². The third kappa shape index (κ3) is 3.82. The van der Waals surface area contributed by atoms with Crippen LogP contribution in [0, 0.1) is 0 Å². The van der Waals surface area contributed by atoms with E-state index in [-0.39, 0.29) is 0 Å². The summed E-state index contributed by atoms with van der Waals surface area (Å²) in [6.45, 7) is 5.02. The molecule has 2 fully saturated rings. The van der Waals surface area contributed by atoms with Gasteiger partial charge in [-0.25, -0.2) is 0 Å². The van der Waals surface area contributed by atoms with Crippen LogP contribution in [0.1, 0.15) is 44.9 Å². The van der Waals surface area contributed by atoms with Crippen molar-refractivity contribution in [1.29, 1.82) is 0 Å². The maximum absolute atomic E-state index is 5.42. The van der Waals surface area contributed by atoms with Crippen LogP contribution in [0.15, 0.2) is 0 Å². The van der Waals surface area contributed by atoms with Gasteiger partial charge in [-0.2, -0.15) is 0 Å². The Morgan fingerprint density at radius 1 is 1.11 bits per heavy atom. The van der Waals surface area contributed by atoms with E-state index in [1.807, 2.05) is 7.05 Å². The summed E-state index contributed by atoms with van der Waals surface area (Å²) in [5.41, 5.74) is 0. The predicted molar refractivity (Wildman–Crippen MR) is 80.9 cm³/mol. The van der Waals surface area contributed by atoms with E-state index in [1.54, 1.807) is 0 Å². The molecule has 1 unspecified atom stereocenters. The van der Waals surface area contributed by atoms with Crippen LogP contribution in [-0.2, 0) is 0 Å². The number of rotatable bonds is 3. The zero-order valence-electron chi connectivity index (χ0n) is 11.7. The number of piperidine rings is 2. The van der Waals surface area contributed by atoms with Crippen molar-refractivity contribution in [2.24, 2.45) is 0 Å². The van der Waals surface area contributed by atoms with Crippen molar-refractivity contribution in [2.75, 3.05) is 33.2 Å². The second kappa shape index (κ2) is 7.29. The minimum Gasteiger partial charge on any atom is -0.366 e. The van der Waals surface area contributed by atoms with Gasteiger partial charge < -0.3 is 15.1 Å². The number of hydrogen-bond acceptors (Lipinski definition) is 2. The van der Waals surface area contributed by atoms with Gasteiger partial charge in [0.2, 0.25) is 0 Å². The third-order valence-corrected chi connectivity index (χ3v) is 4.77. The van der Waals surface area contributed by atoms with E-state index in [0.29, 0.717) is 6.04 Å². The molecule has 2 saturated heterocycles. The molecule has 2 aliphatic heterocycles. The molecule has 0 aliphatic carbocycles. The highest BCUT2D eigenvalue weighted by atomic mass is 32.1. The lowest BCUT2D eigenvalue weighted by Gasteiger charge is -2.38. The predicted octanol–water partition coefficient (Wildman–Crippen LogP) is 2.22. The minimum absolute atomic E-state index is 0.667. The summed E-state index contributed by atoms with van der Waals surface area (Å²) in [6, 6.07) is 0.667. The van der Waals surface area contributed by atoms with Crippen LogP contribution in [0.3, 0.4) is 0 Å². The quantitative estimate of drug-likeness (QED) is 0.792. The Morgan fingerprint density at radius 3 is 2.56 bits per heavy atom. The van der Waals surface area contributed by atoms with Crippen molar-refractivity contribution in [3.8, 4) is 0 Å². The molecule has 1 N–H and O–H groups in total. The van der Waals surface area contributed by atoms with Gasteiger partial charge in [-0.15, -0.1) is 0 Å². The van der Waals surface area contributed by atoms with Crippen LogP contribution >= 0.6 is 12.2 Å². The minimum atomic E-state index is 0.667. The van der Waals surface area contributed by atoms with Gasteiger partial charge in [0.25, 0.3) is 0 Å². The van der Waals surface area contributed by atoms with Crippen LogP contribution in [0.5, 0.6) is 0 Å². The summed E-state index contributed by atoms with van der Waals surface area (Å²) in [7, 11) is 1.94. The van der Waals surface area contributed by atoms with E-state index in [9.17, 15) is 0 Å². The molecule has 0 aromatic rings. The van der Waals surface area contributed by atoms with Crippen LogP contribution < -0.4 is 5.32 Å². The maximum Gasteiger partial charge on any atom is 0.168 e. The van der Waals surface area contributed by atoms with Crippen molar-refractivity contribution < 1.29 is 0 Å². The second-order valence-electron chi connectivity index (χ2n) is 5.59. The lowest BCUT2D eigenvalue weighted by Crippen LogP contribution is -2.48. The zero-order chi connectivity index (χ0) is 12.8. The van der Waals surface area contributed by atoms with Crippen molar-refractivity contribution in [1.82, 2.24) is 15.1 Å². The average molecular weight is 269 g/mol. The molecule has 0 bridgehead atoms. The zero-order valence-corrected chi connectivity index (χ0v) is 12.5. The smallest absolute Gasteiger partial charge is 0.168 e. The highest BCUT2D eigenvalue weighted by Crippen LogP contribution is 2.21. The molecule has 4 heteroatoms. The first-order chi connectivity index (χ1) is 8.81. The van der Waals surface area contributed by atoms with Crippen LogP contribution in [0.25, 0.3) is 0 Å². The summed E-state index contributed by atoms with van der Waals surface area (Å²) in [4.78, 5) is 5.06. The monoisotopic (exact) mass is 269 g/mol. The Hall–Kier alpha value is -0.350. The summed E-state index contributed by atoms with van der Waals surface area (Å²) >= 11 is 5.42. The number of thiocarbonyl (C=S) groups is 1. The van der Waals surface area contributed by atoms with Crippen molar-refractivity contribution in [3.05, 3.63) is 0 Å². The molecule has 0 aromatic heterocycles. The fraction of sp³-hybridized carbons (Fsp3) is 0.929. The highest BCUT2D eigenvalue weighted by Gasteiger charge is 2.24. The molecule has 0 spiro atoms. The number of nitrogens with zero attached hydrogens (tertiary/aromatic N) is 2. The van der Waals surface area contributed by atoms with Gasteiger partial charge >= 0.3 is 0 Å². The van der Waals surface area contributed by atoms with E-state index in [1.165, 1.54) is 64.6 Å². The fourth-order valence-electron chi connectivity index (χ4n) is 3.23. The largest absolute Gasteiger partial charge is 0.366 e. The first-order valence-electron chi connectivity index (χ1n) is 7.52.